The molecule has 0 spiro atoms. The lowest BCUT2D eigenvalue weighted by Crippen LogP contribution is -2.24. The third-order valence-electron chi connectivity index (χ3n) is 2.95. The van der Waals surface area contributed by atoms with Crippen LogP contribution in [0.25, 0.3) is 0 Å². The number of carbonyl (C=O) groups excluding carboxylic acids is 1. The molecule has 0 radical (unpaired) electrons. The second kappa shape index (κ2) is 7.86. The van der Waals surface area contributed by atoms with Gasteiger partial charge in [0.1, 0.15) is 0 Å². The normalized spacial score (nSPS) is 12.5. The minimum Gasteiger partial charge on any atom is -0.396 e. The number of nitrogens with zero attached hydrogens (tertiary/aromatic N) is 1. The van der Waals surface area contributed by atoms with Crippen LogP contribution in [0.15, 0.2) is 4.36 Å². The van der Waals surface area contributed by atoms with Crippen LogP contribution < -0.4 is 0 Å². The maximum atomic E-state index is 12.5. The molecule has 108 valence electrons. The Balaban J connectivity index is 5.06. The van der Waals surface area contributed by atoms with Crippen molar-refractivity contribution in [3.05, 3.63) is 0 Å². The zero-order valence-electron chi connectivity index (χ0n) is 11.5. The molecule has 0 aliphatic heterocycles. The first kappa shape index (κ1) is 17.5. The highest BCUT2D eigenvalue weighted by Crippen LogP contribution is 2.22. The number of hydrogen-bond donors (Lipinski definition) is 2. The second-order valence-corrected chi connectivity index (χ2v) is 7.51. The Labute approximate surface area is 110 Å². The number of hydrogen-bond acceptors (Lipinski definition) is 4. The Morgan fingerprint density at radius 1 is 1.17 bits per heavy atom. The van der Waals surface area contributed by atoms with Crippen molar-refractivity contribution in [3.8, 4) is 0 Å². The fourth-order valence-electron chi connectivity index (χ4n) is 1.20. The van der Waals surface area contributed by atoms with Gasteiger partial charge >= 0.3 is 0 Å². The van der Waals surface area contributed by atoms with E-state index in [0.29, 0.717) is 19.3 Å². The topological polar surface area (TPSA) is 87.0 Å². The van der Waals surface area contributed by atoms with Crippen molar-refractivity contribution in [2.75, 3.05) is 24.7 Å². The van der Waals surface area contributed by atoms with Gasteiger partial charge in [-0.15, -0.1) is 0 Å². The standard InChI is InChI=1S/C12H25NO4S/c1-4-12(2,3)11(16)13-18(17,9-5-7-14)10-6-8-15/h14-15H,4-10H2,1-3H3. The summed E-state index contributed by atoms with van der Waals surface area (Å²) in [5.74, 6) is 0.0511. The van der Waals surface area contributed by atoms with Crippen molar-refractivity contribution in [1.29, 1.82) is 0 Å². The summed E-state index contributed by atoms with van der Waals surface area (Å²) >= 11 is 0. The molecule has 2 N–H and O–H groups in total. The van der Waals surface area contributed by atoms with Crippen molar-refractivity contribution >= 4 is 15.6 Å². The van der Waals surface area contributed by atoms with Crippen LogP contribution >= 0.6 is 0 Å². The van der Waals surface area contributed by atoms with Gasteiger partial charge in [0.05, 0.1) is 9.73 Å². The molecule has 0 fully saturated rings. The lowest BCUT2D eigenvalue weighted by atomic mass is 9.90. The fraction of sp³-hybridized carbons (Fsp3) is 0.917. The molecule has 1 amide bonds. The number of carbonyl (C=O) groups is 1. The Morgan fingerprint density at radius 2 is 1.61 bits per heavy atom. The molecule has 0 aliphatic rings. The lowest BCUT2D eigenvalue weighted by Gasteiger charge is -2.18. The third kappa shape index (κ3) is 5.93. The first-order valence-electron chi connectivity index (χ1n) is 6.30. The Kier molecular flexibility index (Phi) is 7.66. The number of aliphatic hydroxyl groups excluding tert-OH is 2. The lowest BCUT2D eigenvalue weighted by molar-refractivity contribution is -0.125. The van der Waals surface area contributed by atoms with E-state index in [4.69, 9.17) is 10.2 Å². The van der Waals surface area contributed by atoms with Crippen molar-refractivity contribution < 1.29 is 19.2 Å². The molecular weight excluding hydrogens is 254 g/mol. The van der Waals surface area contributed by atoms with E-state index in [-0.39, 0.29) is 30.6 Å². The van der Waals surface area contributed by atoms with Crippen molar-refractivity contribution in [1.82, 2.24) is 0 Å². The van der Waals surface area contributed by atoms with Crippen LogP contribution in [0.3, 0.4) is 0 Å². The number of amides is 1. The van der Waals surface area contributed by atoms with Gasteiger partial charge in [0.15, 0.2) is 0 Å². The van der Waals surface area contributed by atoms with Crippen LogP contribution in [0, 0.1) is 5.41 Å². The van der Waals surface area contributed by atoms with E-state index in [1.807, 2.05) is 6.92 Å². The molecular formula is C12H25NO4S. The van der Waals surface area contributed by atoms with E-state index in [9.17, 15) is 9.00 Å². The van der Waals surface area contributed by atoms with Crippen LogP contribution in [0.1, 0.15) is 40.0 Å². The zero-order valence-corrected chi connectivity index (χ0v) is 12.3. The molecule has 0 unspecified atom stereocenters. The zero-order chi connectivity index (χ0) is 14.2. The molecule has 0 aliphatic carbocycles. The minimum atomic E-state index is -2.65. The summed E-state index contributed by atoms with van der Waals surface area (Å²) in [6.07, 6.45) is 1.34. The van der Waals surface area contributed by atoms with E-state index in [2.05, 4.69) is 4.36 Å². The summed E-state index contributed by atoms with van der Waals surface area (Å²) in [5, 5.41) is 17.6. The fourth-order valence-corrected chi connectivity index (χ4v) is 3.30. The molecule has 18 heavy (non-hydrogen) atoms. The van der Waals surface area contributed by atoms with Crippen molar-refractivity contribution in [2.24, 2.45) is 9.78 Å². The molecule has 0 aromatic rings. The van der Waals surface area contributed by atoms with E-state index < -0.39 is 15.1 Å². The predicted octanol–water partition coefficient (Wildman–Crippen LogP) is 1.18. The van der Waals surface area contributed by atoms with Gasteiger partial charge in [0.25, 0.3) is 5.91 Å². The largest absolute Gasteiger partial charge is 0.396 e. The predicted molar refractivity (Wildman–Crippen MR) is 72.8 cm³/mol. The highest BCUT2D eigenvalue weighted by molar-refractivity contribution is 7.93. The van der Waals surface area contributed by atoms with E-state index >= 15 is 0 Å². The first-order chi connectivity index (χ1) is 8.31. The van der Waals surface area contributed by atoms with Gasteiger partial charge in [0, 0.05) is 30.1 Å². The number of aliphatic hydroxyl groups is 2. The Bertz CT molecular complexity index is 356. The molecule has 0 rings (SSSR count). The van der Waals surface area contributed by atoms with Crippen molar-refractivity contribution in [3.63, 3.8) is 0 Å². The van der Waals surface area contributed by atoms with Crippen LogP contribution in [-0.4, -0.2) is 45.0 Å². The maximum absolute atomic E-state index is 12.5. The molecule has 0 heterocycles. The quantitative estimate of drug-likeness (QED) is 0.698. The van der Waals surface area contributed by atoms with Crippen LogP contribution in [-0.2, 0) is 14.5 Å². The SMILES string of the molecule is CCC(C)(C)C(=O)N=S(=O)(CCCO)CCCO. The van der Waals surface area contributed by atoms with E-state index in [1.54, 1.807) is 13.8 Å². The summed E-state index contributed by atoms with van der Waals surface area (Å²) in [6, 6.07) is 0. The molecule has 5 nitrogen and oxygen atoms in total. The van der Waals surface area contributed by atoms with Gasteiger partial charge in [-0.05, 0) is 19.3 Å². The first-order valence-corrected chi connectivity index (χ1v) is 8.15. The summed E-state index contributed by atoms with van der Waals surface area (Å²) in [4.78, 5) is 12.0. The second-order valence-electron chi connectivity index (χ2n) is 4.97. The smallest absolute Gasteiger partial charge is 0.259 e. The molecule has 0 aromatic heterocycles. The molecule has 0 atom stereocenters. The van der Waals surface area contributed by atoms with Crippen molar-refractivity contribution in [2.45, 2.75) is 40.0 Å². The van der Waals surface area contributed by atoms with E-state index in [0.717, 1.165) is 0 Å². The van der Waals surface area contributed by atoms with Gasteiger partial charge in [-0.2, -0.15) is 4.36 Å². The average molecular weight is 279 g/mol. The maximum Gasteiger partial charge on any atom is 0.259 e. The monoisotopic (exact) mass is 279 g/mol. The van der Waals surface area contributed by atoms with Crippen LogP contribution in [0.4, 0.5) is 0 Å². The highest BCUT2D eigenvalue weighted by atomic mass is 32.2. The molecule has 0 aromatic carbocycles. The molecule has 6 heteroatoms. The van der Waals surface area contributed by atoms with Gasteiger partial charge in [-0.1, -0.05) is 20.8 Å². The Morgan fingerprint density at radius 3 is 1.94 bits per heavy atom. The summed E-state index contributed by atoms with van der Waals surface area (Å²) < 4.78 is 16.4. The summed E-state index contributed by atoms with van der Waals surface area (Å²) in [5.41, 5.74) is -0.610. The van der Waals surface area contributed by atoms with Crippen LogP contribution in [0.2, 0.25) is 0 Å². The molecule has 0 saturated carbocycles. The molecule has 0 saturated heterocycles. The van der Waals surface area contributed by atoms with Crippen LogP contribution in [0.5, 0.6) is 0 Å². The minimum absolute atomic E-state index is 0.0724. The number of rotatable bonds is 8. The van der Waals surface area contributed by atoms with Gasteiger partial charge in [0.2, 0.25) is 0 Å². The summed E-state index contributed by atoms with van der Waals surface area (Å²) in [7, 11) is -2.65. The van der Waals surface area contributed by atoms with Gasteiger partial charge < -0.3 is 10.2 Å². The van der Waals surface area contributed by atoms with Gasteiger partial charge in [-0.3, -0.25) is 4.79 Å². The summed E-state index contributed by atoms with van der Waals surface area (Å²) in [6.45, 7) is 5.29. The molecule has 0 bridgehead atoms. The van der Waals surface area contributed by atoms with Gasteiger partial charge in [-0.25, -0.2) is 4.21 Å². The third-order valence-corrected chi connectivity index (χ3v) is 5.31. The van der Waals surface area contributed by atoms with E-state index in [1.165, 1.54) is 0 Å². The Hall–Kier alpha value is -0.460. The highest BCUT2D eigenvalue weighted by Gasteiger charge is 2.26. The average Bonchev–Trinajstić information content (AvgIpc) is 2.34.